The van der Waals surface area contributed by atoms with E-state index in [2.05, 4.69) is 15.2 Å². The molecule has 0 bridgehead atoms. The van der Waals surface area contributed by atoms with E-state index < -0.39 is 0 Å². The van der Waals surface area contributed by atoms with Gasteiger partial charge in [-0.3, -0.25) is 5.10 Å². The Morgan fingerprint density at radius 3 is 3.20 bits per heavy atom. The van der Waals surface area contributed by atoms with Crippen LogP contribution in [0.5, 0.6) is 0 Å². The second kappa shape index (κ2) is 1.83. The SMILES string of the molecule is Bc1cnc2[nH]ncc2c1. The second-order valence-corrected chi connectivity index (χ2v) is 2.32. The van der Waals surface area contributed by atoms with Gasteiger partial charge in [0.2, 0.25) is 0 Å². The highest BCUT2D eigenvalue weighted by Gasteiger charge is 1.93. The Morgan fingerprint density at radius 2 is 2.30 bits per heavy atom. The van der Waals surface area contributed by atoms with Crippen molar-refractivity contribution in [2.45, 2.75) is 0 Å². The fraction of sp³-hybridized carbons (Fsp3) is 0. The van der Waals surface area contributed by atoms with Crippen molar-refractivity contribution < 1.29 is 0 Å². The van der Waals surface area contributed by atoms with Gasteiger partial charge in [-0.15, -0.1) is 0 Å². The summed E-state index contributed by atoms with van der Waals surface area (Å²) in [6, 6.07) is 2.05. The summed E-state index contributed by atoms with van der Waals surface area (Å²) >= 11 is 0. The molecule has 0 saturated heterocycles. The number of hydrogen-bond donors (Lipinski definition) is 1. The van der Waals surface area contributed by atoms with Crippen LogP contribution in [-0.2, 0) is 0 Å². The first kappa shape index (κ1) is 5.47. The first-order chi connectivity index (χ1) is 4.86. The lowest BCUT2D eigenvalue weighted by Gasteiger charge is -1.88. The zero-order chi connectivity index (χ0) is 6.97. The molecule has 4 heteroatoms. The van der Waals surface area contributed by atoms with Crippen molar-refractivity contribution in [3.8, 4) is 0 Å². The highest BCUT2D eigenvalue weighted by molar-refractivity contribution is 6.32. The molecule has 1 N–H and O–H groups in total. The number of pyridine rings is 1. The maximum Gasteiger partial charge on any atom is 0.155 e. The topological polar surface area (TPSA) is 41.6 Å². The average Bonchev–Trinajstić information content (AvgIpc) is 2.33. The number of nitrogens with zero attached hydrogens (tertiary/aromatic N) is 2. The van der Waals surface area contributed by atoms with Gasteiger partial charge in [0, 0.05) is 11.6 Å². The third-order valence-electron chi connectivity index (χ3n) is 1.43. The van der Waals surface area contributed by atoms with Gasteiger partial charge in [0.25, 0.3) is 0 Å². The van der Waals surface area contributed by atoms with Gasteiger partial charge < -0.3 is 0 Å². The molecule has 10 heavy (non-hydrogen) atoms. The molecular weight excluding hydrogens is 125 g/mol. The Labute approximate surface area is 58.9 Å². The van der Waals surface area contributed by atoms with Gasteiger partial charge in [0.05, 0.1) is 6.20 Å². The normalized spacial score (nSPS) is 10.4. The zero-order valence-corrected chi connectivity index (χ0v) is 5.63. The van der Waals surface area contributed by atoms with E-state index in [1.54, 1.807) is 6.20 Å². The van der Waals surface area contributed by atoms with Gasteiger partial charge in [-0.05, 0) is 0 Å². The van der Waals surface area contributed by atoms with Crippen LogP contribution < -0.4 is 5.46 Å². The molecule has 0 aliphatic rings. The van der Waals surface area contributed by atoms with Gasteiger partial charge in [0.15, 0.2) is 5.65 Å². The molecule has 2 rings (SSSR count). The van der Waals surface area contributed by atoms with E-state index in [4.69, 9.17) is 0 Å². The van der Waals surface area contributed by atoms with Crippen molar-refractivity contribution in [1.82, 2.24) is 15.2 Å². The molecule has 0 aromatic carbocycles. The lowest BCUT2D eigenvalue weighted by Crippen LogP contribution is -2.01. The van der Waals surface area contributed by atoms with Crippen molar-refractivity contribution in [2.75, 3.05) is 0 Å². The average molecular weight is 131 g/mol. The lowest BCUT2D eigenvalue weighted by molar-refractivity contribution is 1.10. The molecule has 2 aromatic rings. The van der Waals surface area contributed by atoms with Crippen LogP contribution in [0.4, 0.5) is 0 Å². The van der Waals surface area contributed by atoms with Crippen LogP contribution in [0.2, 0.25) is 0 Å². The minimum atomic E-state index is 0.852. The molecule has 0 atom stereocenters. The summed E-state index contributed by atoms with van der Waals surface area (Å²) in [4.78, 5) is 4.12. The Kier molecular flexibility index (Phi) is 1.00. The Morgan fingerprint density at radius 1 is 1.40 bits per heavy atom. The van der Waals surface area contributed by atoms with Crippen molar-refractivity contribution in [1.29, 1.82) is 0 Å². The van der Waals surface area contributed by atoms with Crippen LogP contribution in [0.3, 0.4) is 0 Å². The molecule has 0 saturated carbocycles. The van der Waals surface area contributed by atoms with Crippen molar-refractivity contribution in [3.05, 3.63) is 18.5 Å². The highest BCUT2D eigenvalue weighted by atomic mass is 15.1. The smallest absolute Gasteiger partial charge is 0.155 e. The van der Waals surface area contributed by atoms with Crippen LogP contribution in [0.25, 0.3) is 11.0 Å². The summed E-state index contributed by atoms with van der Waals surface area (Å²) in [5, 5.41) is 7.71. The molecule has 0 radical (unpaired) electrons. The van der Waals surface area contributed by atoms with Gasteiger partial charge in [0.1, 0.15) is 7.85 Å². The summed E-state index contributed by atoms with van der Waals surface area (Å²) in [7, 11) is 2.01. The molecule has 0 aliphatic heterocycles. The van der Waals surface area contributed by atoms with E-state index in [0.717, 1.165) is 16.5 Å². The first-order valence-electron chi connectivity index (χ1n) is 3.12. The predicted octanol–water partition coefficient (Wildman–Crippen LogP) is -0.784. The number of rotatable bonds is 0. The number of aromatic nitrogens is 3. The fourth-order valence-electron chi connectivity index (χ4n) is 0.947. The lowest BCUT2D eigenvalue weighted by atomic mass is 9.98. The van der Waals surface area contributed by atoms with Gasteiger partial charge >= 0.3 is 0 Å². The number of fused-ring (bicyclic) bond motifs is 1. The molecule has 0 unspecified atom stereocenters. The molecule has 0 fully saturated rings. The third kappa shape index (κ3) is 0.691. The Balaban J connectivity index is 2.86. The molecule has 2 aromatic heterocycles. The maximum absolute atomic E-state index is 4.12. The van der Waals surface area contributed by atoms with E-state index in [0.29, 0.717) is 0 Å². The van der Waals surface area contributed by atoms with Crippen LogP contribution in [0.1, 0.15) is 0 Å². The molecular formula is C6H6BN3. The van der Waals surface area contributed by atoms with E-state index >= 15 is 0 Å². The predicted molar refractivity (Wildman–Crippen MR) is 42.1 cm³/mol. The molecule has 3 nitrogen and oxygen atoms in total. The van der Waals surface area contributed by atoms with Gasteiger partial charge in [-0.25, -0.2) is 4.98 Å². The third-order valence-corrected chi connectivity index (χ3v) is 1.43. The van der Waals surface area contributed by atoms with Crippen LogP contribution in [0.15, 0.2) is 18.5 Å². The zero-order valence-electron chi connectivity index (χ0n) is 5.63. The highest BCUT2D eigenvalue weighted by Crippen LogP contribution is 2.01. The summed E-state index contributed by atoms with van der Waals surface area (Å²) < 4.78 is 0. The monoisotopic (exact) mass is 131 g/mol. The fourth-order valence-corrected chi connectivity index (χ4v) is 0.947. The molecule has 0 spiro atoms. The van der Waals surface area contributed by atoms with Crippen LogP contribution >= 0.6 is 0 Å². The standard InChI is InChI=1S/C6H6BN3/c7-5-1-4-2-9-10-6(4)8-3-5/h1-3H,7H2,(H,8,9,10). The summed E-state index contributed by atoms with van der Waals surface area (Å²) in [6.07, 6.45) is 3.59. The molecule has 0 amide bonds. The van der Waals surface area contributed by atoms with Crippen LogP contribution in [-0.4, -0.2) is 23.0 Å². The largest absolute Gasteiger partial charge is 0.261 e. The Bertz CT molecular complexity index is 355. The summed E-state index contributed by atoms with van der Waals surface area (Å²) in [5.41, 5.74) is 2.01. The summed E-state index contributed by atoms with van der Waals surface area (Å²) in [6.45, 7) is 0. The van der Waals surface area contributed by atoms with E-state index in [1.807, 2.05) is 20.1 Å². The van der Waals surface area contributed by atoms with E-state index in [9.17, 15) is 0 Å². The number of H-pyrrole nitrogens is 1. The minimum absolute atomic E-state index is 0.852. The van der Waals surface area contributed by atoms with Crippen molar-refractivity contribution >= 4 is 24.3 Å². The number of hydrogen-bond acceptors (Lipinski definition) is 2. The second-order valence-electron chi connectivity index (χ2n) is 2.32. The maximum atomic E-state index is 4.12. The minimum Gasteiger partial charge on any atom is -0.261 e. The molecule has 2 heterocycles. The first-order valence-corrected chi connectivity index (χ1v) is 3.12. The summed E-state index contributed by atoms with van der Waals surface area (Å²) in [5.74, 6) is 0. The van der Waals surface area contributed by atoms with Crippen molar-refractivity contribution in [3.63, 3.8) is 0 Å². The number of nitrogens with one attached hydrogen (secondary N) is 1. The van der Waals surface area contributed by atoms with E-state index in [1.165, 1.54) is 0 Å². The quantitative estimate of drug-likeness (QED) is 0.476. The van der Waals surface area contributed by atoms with Crippen molar-refractivity contribution in [2.24, 2.45) is 0 Å². The van der Waals surface area contributed by atoms with Crippen LogP contribution in [0, 0.1) is 0 Å². The van der Waals surface area contributed by atoms with Gasteiger partial charge in [-0.2, -0.15) is 5.10 Å². The Hall–Kier alpha value is -1.32. The molecule has 0 aliphatic carbocycles. The van der Waals surface area contributed by atoms with Gasteiger partial charge in [-0.1, -0.05) is 11.5 Å². The number of aromatic amines is 1. The molecule has 48 valence electrons. The van der Waals surface area contributed by atoms with E-state index in [-0.39, 0.29) is 0 Å².